The van der Waals surface area contributed by atoms with Gasteiger partial charge in [0.05, 0.1) is 54.0 Å². The van der Waals surface area contributed by atoms with Crippen LogP contribution in [-0.2, 0) is 37.3 Å². The highest BCUT2D eigenvalue weighted by molar-refractivity contribution is 6.34. The second kappa shape index (κ2) is 15.2. The average Bonchev–Trinajstić information content (AvgIpc) is 3.67. The number of nitrogens with zero attached hydrogens (tertiary/aromatic N) is 2. The summed E-state index contributed by atoms with van der Waals surface area (Å²) < 4.78 is 34.8. The van der Waals surface area contributed by atoms with Crippen molar-refractivity contribution in [3.63, 3.8) is 0 Å². The lowest BCUT2D eigenvalue weighted by atomic mass is 9.87. The van der Waals surface area contributed by atoms with E-state index in [4.69, 9.17) is 25.8 Å². The summed E-state index contributed by atoms with van der Waals surface area (Å²) in [5, 5.41) is 3.62. The van der Waals surface area contributed by atoms with Gasteiger partial charge in [-0.3, -0.25) is 14.4 Å². The molecule has 0 radical (unpaired) electrons. The molecular formula is C35H41ClFN3O6. The summed E-state index contributed by atoms with van der Waals surface area (Å²) in [6.07, 6.45) is 6.47. The number of nitrogens with one attached hydrogen (secondary N) is 1. The molecule has 3 aromatic rings. The highest BCUT2D eigenvalue weighted by atomic mass is 35.5. The number of halogens is 2. The Kier molecular flexibility index (Phi) is 11.1. The molecule has 1 saturated heterocycles. The maximum atomic E-state index is 15.4. The number of fused-ring (bicyclic) bond motifs is 1. The van der Waals surface area contributed by atoms with Crippen LogP contribution in [0.4, 0.5) is 10.1 Å². The molecule has 2 amide bonds. The molecule has 5 rings (SSSR count). The van der Waals surface area contributed by atoms with Gasteiger partial charge in [0.25, 0.3) is 5.91 Å². The molecule has 1 unspecified atom stereocenters. The zero-order valence-electron chi connectivity index (χ0n) is 26.3. The van der Waals surface area contributed by atoms with Crippen LogP contribution in [0, 0.1) is 11.7 Å². The van der Waals surface area contributed by atoms with Crippen molar-refractivity contribution in [2.24, 2.45) is 13.0 Å². The van der Waals surface area contributed by atoms with Crippen molar-refractivity contribution >= 4 is 46.0 Å². The third kappa shape index (κ3) is 7.62. The predicted molar refractivity (Wildman–Crippen MR) is 174 cm³/mol. The number of ether oxygens (including phenoxy) is 3. The number of amides is 2. The fourth-order valence-electron chi connectivity index (χ4n) is 6.47. The molecule has 1 saturated carbocycles. The first-order valence-corrected chi connectivity index (χ1v) is 16.2. The molecule has 1 aliphatic heterocycles. The van der Waals surface area contributed by atoms with E-state index in [1.54, 1.807) is 24.1 Å². The highest BCUT2D eigenvalue weighted by Crippen LogP contribution is 2.32. The smallest absolute Gasteiger partial charge is 0.308 e. The SMILES string of the molecule is C=CCOC(OC1CCC(C(=O)OCC)CC1)[C@@H]1CCCN1C(=O)Cc1cc(Cl)c(NC(=O)c2cn(C)c3ccccc23)cc1F. The molecule has 9 nitrogen and oxygen atoms in total. The monoisotopic (exact) mass is 653 g/mol. The lowest BCUT2D eigenvalue weighted by molar-refractivity contribution is -0.201. The summed E-state index contributed by atoms with van der Waals surface area (Å²) in [4.78, 5) is 40.5. The summed E-state index contributed by atoms with van der Waals surface area (Å²) in [6, 6.07) is 9.69. The molecule has 1 aromatic heterocycles. The van der Waals surface area contributed by atoms with E-state index in [2.05, 4.69) is 11.9 Å². The largest absolute Gasteiger partial charge is 0.466 e. The van der Waals surface area contributed by atoms with Gasteiger partial charge in [0.15, 0.2) is 6.29 Å². The zero-order valence-corrected chi connectivity index (χ0v) is 27.1. The van der Waals surface area contributed by atoms with Gasteiger partial charge >= 0.3 is 5.97 Å². The quantitative estimate of drug-likeness (QED) is 0.138. The Balaban J connectivity index is 1.24. The second-order valence-electron chi connectivity index (χ2n) is 11.9. The van der Waals surface area contributed by atoms with Crippen LogP contribution in [0.1, 0.15) is 61.4 Å². The van der Waals surface area contributed by atoms with E-state index < -0.39 is 18.0 Å². The summed E-state index contributed by atoms with van der Waals surface area (Å²) in [5.41, 5.74) is 1.58. The Morgan fingerprint density at radius 1 is 1.15 bits per heavy atom. The number of benzene rings is 2. The standard InChI is InChI=1S/C35H41ClFN3O6/c1-4-17-45-35(46-24-14-12-22(13-15-24)34(43)44-5-2)31-11-8-16-40(31)32(41)19-23-18-27(36)29(20-28(23)37)38-33(42)26-21-39(3)30-10-7-6-9-25(26)30/h4,6-7,9-10,18,20-22,24,31,35H,1,5,8,11-17,19H2,2-3H3,(H,38,42)/t22?,24?,31-,35?/m0/s1. The minimum atomic E-state index is -0.686. The maximum absolute atomic E-state index is 15.4. The van der Waals surface area contributed by atoms with Crippen LogP contribution in [0.2, 0.25) is 5.02 Å². The molecule has 2 aromatic carbocycles. The predicted octanol–water partition coefficient (Wildman–Crippen LogP) is 6.42. The lowest BCUT2D eigenvalue weighted by Gasteiger charge is -2.36. The van der Waals surface area contributed by atoms with Gasteiger partial charge in [-0.15, -0.1) is 6.58 Å². The first-order valence-electron chi connectivity index (χ1n) is 15.9. The van der Waals surface area contributed by atoms with Gasteiger partial charge in [-0.1, -0.05) is 35.9 Å². The van der Waals surface area contributed by atoms with Gasteiger partial charge in [-0.25, -0.2) is 4.39 Å². The fourth-order valence-corrected chi connectivity index (χ4v) is 6.70. The Morgan fingerprint density at radius 2 is 1.91 bits per heavy atom. The van der Waals surface area contributed by atoms with Crippen LogP contribution < -0.4 is 5.32 Å². The van der Waals surface area contributed by atoms with Gasteiger partial charge in [0.1, 0.15) is 5.82 Å². The van der Waals surface area contributed by atoms with E-state index in [9.17, 15) is 14.4 Å². The van der Waals surface area contributed by atoms with Crippen molar-refractivity contribution in [1.29, 1.82) is 0 Å². The molecule has 0 spiro atoms. The number of carbonyl (C=O) groups excluding carboxylic acids is 3. The molecule has 1 N–H and O–H groups in total. The summed E-state index contributed by atoms with van der Waals surface area (Å²) in [6.45, 7) is 6.64. The van der Waals surface area contributed by atoms with Gasteiger partial charge in [0.2, 0.25) is 5.91 Å². The first-order chi connectivity index (χ1) is 22.2. The molecule has 2 atom stereocenters. The van der Waals surface area contributed by atoms with Crippen molar-refractivity contribution in [2.45, 2.75) is 70.3 Å². The minimum absolute atomic E-state index is 0.120. The number of para-hydroxylation sites is 1. The molecule has 0 bridgehead atoms. The van der Waals surface area contributed by atoms with Crippen LogP contribution in [0.5, 0.6) is 0 Å². The third-order valence-electron chi connectivity index (χ3n) is 8.80. The summed E-state index contributed by atoms with van der Waals surface area (Å²) in [5.74, 6) is -1.62. The van der Waals surface area contributed by atoms with E-state index in [0.717, 1.165) is 23.4 Å². The number of aryl methyl sites for hydroxylation is 1. The number of carbonyl (C=O) groups is 3. The molecule has 1 aliphatic carbocycles. The molecule has 2 fully saturated rings. The molecule has 46 heavy (non-hydrogen) atoms. The number of aromatic nitrogens is 1. The van der Waals surface area contributed by atoms with Crippen molar-refractivity contribution in [1.82, 2.24) is 9.47 Å². The third-order valence-corrected chi connectivity index (χ3v) is 9.11. The summed E-state index contributed by atoms with van der Waals surface area (Å²) in [7, 11) is 1.85. The second-order valence-corrected chi connectivity index (χ2v) is 12.3. The van der Waals surface area contributed by atoms with Crippen LogP contribution in [-0.4, -0.2) is 65.4 Å². The van der Waals surface area contributed by atoms with Crippen LogP contribution >= 0.6 is 11.6 Å². The molecule has 2 heterocycles. The number of likely N-dealkylation sites (tertiary alicyclic amines) is 1. The van der Waals surface area contributed by atoms with E-state index >= 15 is 4.39 Å². The van der Waals surface area contributed by atoms with Gasteiger partial charge in [-0.05, 0) is 69.2 Å². The lowest BCUT2D eigenvalue weighted by Crippen LogP contribution is -2.47. The van der Waals surface area contributed by atoms with E-state index in [1.807, 2.05) is 35.9 Å². The van der Waals surface area contributed by atoms with Crippen LogP contribution in [0.3, 0.4) is 0 Å². The van der Waals surface area contributed by atoms with E-state index in [1.165, 1.54) is 6.07 Å². The Hall–Kier alpha value is -3.73. The number of esters is 1. The van der Waals surface area contributed by atoms with Crippen molar-refractivity contribution < 1.29 is 33.0 Å². The number of anilines is 1. The van der Waals surface area contributed by atoms with Gasteiger partial charge in [0, 0.05) is 30.7 Å². The molecule has 2 aliphatic rings. The number of rotatable bonds is 12. The van der Waals surface area contributed by atoms with E-state index in [0.29, 0.717) is 50.8 Å². The Labute approximate surface area is 273 Å². The van der Waals surface area contributed by atoms with E-state index in [-0.39, 0.29) is 59.2 Å². The van der Waals surface area contributed by atoms with Gasteiger partial charge < -0.3 is 29.0 Å². The minimum Gasteiger partial charge on any atom is -0.466 e. The normalized spacial score (nSPS) is 20.4. The topological polar surface area (TPSA) is 99.1 Å². The van der Waals surface area contributed by atoms with Crippen LogP contribution in [0.25, 0.3) is 10.9 Å². The number of hydrogen-bond donors (Lipinski definition) is 1. The highest BCUT2D eigenvalue weighted by Gasteiger charge is 2.38. The average molecular weight is 654 g/mol. The molecule has 11 heteroatoms. The van der Waals surface area contributed by atoms with Gasteiger partial charge in [-0.2, -0.15) is 0 Å². The van der Waals surface area contributed by atoms with Crippen molar-refractivity contribution in [3.05, 3.63) is 77.2 Å². The molecule has 246 valence electrons. The summed E-state index contributed by atoms with van der Waals surface area (Å²) >= 11 is 6.50. The number of hydrogen-bond acceptors (Lipinski definition) is 6. The van der Waals surface area contributed by atoms with Crippen molar-refractivity contribution in [2.75, 3.05) is 25.1 Å². The zero-order chi connectivity index (χ0) is 32.8. The first kappa shape index (κ1) is 33.6. The Bertz CT molecular complexity index is 1580. The maximum Gasteiger partial charge on any atom is 0.308 e. The van der Waals surface area contributed by atoms with Crippen molar-refractivity contribution in [3.8, 4) is 0 Å². The fraction of sp³-hybridized carbons (Fsp3) is 0.457. The Morgan fingerprint density at radius 3 is 2.65 bits per heavy atom. The van der Waals surface area contributed by atoms with Crippen LogP contribution in [0.15, 0.2) is 55.3 Å². The molecular weight excluding hydrogens is 613 g/mol.